The normalized spacial score (nSPS) is 14.1. The molecule has 0 aliphatic rings. The highest BCUT2D eigenvalue weighted by Gasteiger charge is 2.21. The first-order valence-corrected chi connectivity index (χ1v) is 8.46. The summed E-state index contributed by atoms with van der Waals surface area (Å²) in [4.78, 5) is 11.8. The van der Waals surface area contributed by atoms with Gasteiger partial charge in [0.05, 0.1) is 6.04 Å². The maximum absolute atomic E-state index is 13.9. The second-order valence-electron chi connectivity index (χ2n) is 4.98. The predicted molar refractivity (Wildman–Crippen MR) is 80.7 cm³/mol. The number of nitrogens with one attached hydrogen (secondary N) is 1. The Labute approximate surface area is 126 Å². The third kappa shape index (κ3) is 5.21. The van der Waals surface area contributed by atoms with Gasteiger partial charge in [0.25, 0.3) is 0 Å². The van der Waals surface area contributed by atoms with E-state index >= 15 is 0 Å². The van der Waals surface area contributed by atoms with E-state index in [0.29, 0.717) is 16.3 Å². The van der Waals surface area contributed by atoms with Gasteiger partial charge in [0.2, 0.25) is 5.91 Å². The van der Waals surface area contributed by atoms with Crippen LogP contribution in [0.2, 0.25) is 5.02 Å². The minimum absolute atomic E-state index is 0.0294. The molecule has 6 heteroatoms. The summed E-state index contributed by atoms with van der Waals surface area (Å²) in [5.74, 6) is -0.328. The molecule has 2 atom stereocenters. The smallest absolute Gasteiger partial charge is 0.221 e. The number of amides is 1. The molecule has 0 aliphatic heterocycles. The van der Waals surface area contributed by atoms with Crippen LogP contribution in [0.3, 0.4) is 0 Å². The van der Waals surface area contributed by atoms with Gasteiger partial charge in [0.15, 0.2) is 0 Å². The van der Waals surface area contributed by atoms with Crippen LogP contribution in [-0.4, -0.2) is 22.1 Å². The molecule has 3 nitrogen and oxygen atoms in total. The van der Waals surface area contributed by atoms with Crippen LogP contribution in [0.15, 0.2) is 18.2 Å². The van der Waals surface area contributed by atoms with Gasteiger partial charge in [0, 0.05) is 39.8 Å². The summed E-state index contributed by atoms with van der Waals surface area (Å²) in [7, 11) is -1.02. The van der Waals surface area contributed by atoms with Crippen molar-refractivity contribution in [2.75, 3.05) is 12.0 Å². The first-order chi connectivity index (χ1) is 9.31. The zero-order valence-corrected chi connectivity index (χ0v) is 13.4. The first-order valence-electron chi connectivity index (χ1n) is 6.35. The highest BCUT2D eigenvalue weighted by atomic mass is 35.5. The Morgan fingerprint density at radius 1 is 1.45 bits per heavy atom. The molecular formula is C14H19ClFNO2S. The molecule has 0 saturated heterocycles. The van der Waals surface area contributed by atoms with Crippen LogP contribution < -0.4 is 5.32 Å². The number of carbonyl (C=O) groups is 1. The summed E-state index contributed by atoms with van der Waals surface area (Å²) in [5, 5.41) is 3.11. The minimum Gasteiger partial charge on any atom is -0.349 e. The largest absolute Gasteiger partial charge is 0.349 e. The topological polar surface area (TPSA) is 46.2 Å². The summed E-state index contributed by atoms with van der Waals surface area (Å²) in [6, 6.07) is 3.99. The van der Waals surface area contributed by atoms with Gasteiger partial charge in [-0.1, -0.05) is 31.5 Å². The highest BCUT2D eigenvalue weighted by molar-refractivity contribution is 7.84. The first kappa shape index (κ1) is 17.1. The maximum Gasteiger partial charge on any atom is 0.221 e. The van der Waals surface area contributed by atoms with E-state index in [1.165, 1.54) is 6.07 Å². The van der Waals surface area contributed by atoms with Gasteiger partial charge in [-0.25, -0.2) is 4.39 Å². The molecule has 0 heterocycles. The van der Waals surface area contributed by atoms with E-state index in [0.717, 1.165) is 0 Å². The van der Waals surface area contributed by atoms with E-state index < -0.39 is 22.7 Å². The Morgan fingerprint density at radius 3 is 2.60 bits per heavy atom. The van der Waals surface area contributed by atoms with Crippen LogP contribution in [0.25, 0.3) is 0 Å². The van der Waals surface area contributed by atoms with E-state index in [-0.39, 0.29) is 18.2 Å². The average molecular weight is 320 g/mol. The third-order valence-corrected chi connectivity index (χ3v) is 3.91. The SMILES string of the molecule is CC(C)[C@H](NC(=O)CC[S@@](C)=O)c1ccc(Cl)cc1F. The Hall–Kier alpha value is -0.940. The van der Waals surface area contributed by atoms with Crippen LogP contribution in [0, 0.1) is 11.7 Å². The van der Waals surface area contributed by atoms with Crippen molar-refractivity contribution in [1.82, 2.24) is 5.32 Å². The fourth-order valence-corrected chi connectivity index (χ4v) is 2.47. The third-order valence-electron chi connectivity index (χ3n) is 2.90. The van der Waals surface area contributed by atoms with Crippen LogP contribution in [-0.2, 0) is 15.6 Å². The summed E-state index contributed by atoms with van der Waals surface area (Å²) in [6.45, 7) is 3.80. The summed E-state index contributed by atoms with van der Waals surface area (Å²) in [5.41, 5.74) is 0.412. The molecule has 0 unspecified atom stereocenters. The van der Waals surface area contributed by atoms with Gasteiger partial charge in [-0.05, 0) is 18.1 Å². The van der Waals surface area contributed by atoms with Gasteiger partial charge in [-0.2, -0.15) is 0 Å². The average Bonchev–Trinajstić information content (AvgIpc) is 2.34. The van der Waals surface area contributed by atoms with Gasteiger partial charge >= 0.3 is 0 Å². The van der Waals surface area contributed by atoms with Crippen LogP contribution in [0.5, 0.6) is 0 Å². The molecule has 0 spiro atoms. The van der Waals surface area contributed by atoms with Crippen molar-refractivity contribution in [3.8, 4) is 0 Å². The Balaban J connectivity index is 2.84. The fourth-order valence-electron chi connectivity index (χ4n) is 1.84. The van der Waals surface area contributed by atoms with Crippen molar-refractivity contribution in [2.45, 2.75) is 26.3 Å². The molecule has 0 bridgehead atoms. The Kier molecular flexibility index (Phi) is 6.62. The second kappa shape index (κ2) is 7.74. The molecule has 0 radical (unpaired) electrons. The van der Waals surface area contributed by atoms with E-state index in [4.69, 9.17) is 11.6 Å². The summed E-state index contributed by atoms with van der Waals surface area (Å²) in [6.07, 6.45) is 1.72. The molecule has 1 amide bonds. The van der Waals surface area contributed by atoms with Gasteiger partial charge in [-0.3, -0.25) is 9.00 Å². The quantitative estimate of drug-likeness (QED) is 0.876. The molecule has 0 fully saturated rings. The van der Waals surface area contributed by atoms with Gasteiger partial charge < -0.3 is 5.32 Å². The molecule has 1 N–H and O–H groups in total. The molecule has 1 aromatic rings. The molecule has 1 aromatic carbocycles. The van der Waals surface area contributed by atoms with Crippen molar-refractivity contribution in [3.05, 3.63) is 34.6 Å². The second-order valence-corrected chi connectivity index (χ2v) is 6.97. The number of halogens is 2. The zero-order chi connectivity index (χ0) is 15.3. The van der Waals surface area contributed by atoms with Crippen LogP contribution >= 0.6 is 11.6 Å². The lowest BCUT2D eigenvalue weighted by Crippen LogP contribution is -2.33. The Morgan fingerprint density at radius 2 is 2.10 bits per heavy atom. The number of carbonyl (C=O) groups excluding carboxylic acids is 1. The lowest BCUT2D eigenvalue weighted by molar-refractivity contribution is -0.121. The molecule has 112 valence electrons. The van der Waals surface area contributed by atoms with Crippen molar-refractivity contribution in [3.63, 3.8) is 0 Å². The van der Waals surface area contributed by atoms with Gasteiger partial charge in [0.1, 0.15) is 5.82 Å². The van der Waals surface area contributed by atoms with Crippen LogP contribution in [0.4, 0.5) is 4.39 Å². The van der Waals surface area contributed by atoms with Crippen molar-refractivity contribution in [2.24, 2.45) is 5.92 Å². The molecule has 0 aromatic heterocycles. The molecule has 0 saturated carbocycles. The number of benzene rings is 1. The van der Waals surface area contributed by atoms with E-state index in [2.05, 4.69) is 5.32 Å². The number of rotatable bonds is 6. The molecule has 1 rings (SSSR count). The van der Waals surface area contributed by atoms with E-state index in [1.54, 1.807) is 18.4 Å². The lowest BCUT2D eigenvalue weighted by Gasteiger charge is -2.23. The Bertz CT molecular complexity index is 508. The van der Waals surface area contributed by atoms with E-state index in [1.807, 2.05) is 13.8 Å². The van der Waals surface area contributed by atoms with Gasteiger partial charge in [-0.15, -0.1) is 0 Å². The summed E-state index contributed by atoms with van der Waals surface area (Å²) >= 11 is 5.73. The van der Waals surface area contributed by atoms with Crippen LogP contribution in [0.1, 0.15) is 31.9 Å². The fraction of sp³-hybridized carbons (Fsp3) is 0.500. The molecule has 0 aliphatic carbocycles. The van der Waals surface area contributed by atoms with Crippen molar-refractivity contribution < 1.29 is 13.4 Å². The minimum atomic E-state index is -1.02. The summed E-state index contributed by atoms with van der Waals surface area (Å²) < 4.78 is 24.9. The molecule has 20 heavy (non-hydrogen) atoms. The van der Waals surface area contributed by atoms with Crippen molar-refractivity contribution in [1.29, 1.82) is 0 Å². The monoisotopic (exact) mass is 319 g/mol. The van der Waals surface area contributed by atoms with Crippen molar-refractivity contribution >= 4 is 28.3 Å². The van der Waals surface area contributed by atoms with E-state index in [9.17, 15) is 13.4 Å². The predicted octanol–water partition coefficient (Wildman–Crippen LogP) is 3.06. The standard InChI is InChI=1S/C14H19ClFNO2S/c1-9(2)14(17-13(18)6-7-20(3)19)11-5-4-10(15)8-12(11)16/h4-5,8-9,14H,6-7H2,1-3H3,(H,17,18)/t14-,20+/m0/s1. The lowest BCUT2D eigenvalue weighted by atomic mass is 9.95. The zero-order valence-electron chi connectivity index (χ0n) is 11.8. The molecular weight excluding hydrogens is 301 g/mol. The number of hydrogen-bond donors (Lipinski definition) is 1. The maximum atomic E-state index is 13.9. The number of hydrogen-bond acceptors (Lipinski definition) is 2. The highest BCUT2D eigenvalue weighted by Crippen LogP contribution is 2.26.